The van der Waals surface area contributed by atoms with E-state index in [4.69, 9.17) is 14.2 Å². The number of morpholine rings is 1. The van der Waals surface area contributed by atoms with E-state index >= 15 is 0 Å². The van der Waals surface area contributed by atoms with E-state index in [1.54, 1.807) is 25.1 Å². The van der Waals surface area contributed by atoms with Crippen molar-refractivity contribution in [2.75, 3.05) is 51.4 Å². The molecule has 0 aliphatic carbocycles. The number of carbonyl (C=O) groups excluding carboxylic acids is 1. The third kappa shape index (κ3) is 7.14. The summed E-state index contributed by atoms with van der Waals surface area (Å²) >= 11 is 0. The third-order valence-electron chi connectivity index (χ3n) is 5.58. The molecule has 0 unspecified atom stereocenters. The molecule has 9 heteroatoms. The Balaban J connectivity index is 1.39. The molecule has 1 saturated heterocycles. The molecule has 4 rings (SSSR count). The number of nitrogens with zero attached hydrogens (tertiary/aromatic N) is 3. The molecule has 0 bridgehead atoms. The van der Waals surface area contributed by atoms with Crippen molar-refractivity contribution in [1.82, 2.24) is 14.7 Å². The fraction of sp³-hybridized carbons (Fsp3) is 0.346. The van der Waals surface area contributed by atoms with Crippen molar-refractivity contribution in [3.63, 3.8) is 0 Å². The number of anilines is 1. The molecule has 1 amide bonds. The molecular weight excluding hydrogens is 448 g/mol. The number of amides is 1. The van der Waals surface area contributed by atoms with Crippen LogP contribution in [-0.2, 0) is 16.0 Å². The minimum Gasteiger partial charge on any atom is -0.492 e. The van der Waals surface area contributed by atoms with Crippen LogP contribution in [0.25, 0.3) is 11.3 Å². The van der Waals surface area contributed by atoms with Gasteiger partial charge in [0.15, 0.2) is 0 Å². The summed E-state index contributed by atoms with van der Waals surface area (Å²) in [6.45, 7) is 7.23. The quantitative estimate of drug-likeness (QED) is 0.505. The van der Waals surface area contributed by atoms with Crippen molar-refractivity contribution in [1.29, 1.82) is 0 Å². The summed E-state index contributed by atoms with van der Waals surface area (Å²) < 4.78 is 17.6. The van der Waals surface area contributed by atoms with Gasteiger partial charge in [-0.25, -0.2) is 9.48 Å². The third-order valence-corrected chi connectivity index (χ3v) is 5.58. The van der Waals surface area contributed by atoms with E-state index in [1.807, 2.05) is 36.4 Å². The van der Waals surface area contributed by atoms with Gasteiger partial charge in [0.25, 0.3) is 5.56 Å². The number of hydrogen-bond acceptors (Lipinski definition) is 7. The van der Waals surface area contributed by atoms with Gasteiger partial charge in [-0.05, 0) is 55.0 Å². The molecule has 9 nitrogen and oxygen atoms in total. The lowest BCUT2D eigenvalue weighted by atomic mass is 10.1. The molecule has 3 aromatic rings. The van der Waals surface area contributed by atoms with Crippen LogP contribution >= 0.6 is 0 Å². The zero-order chi connectivity index (χ0) is 24.5. The maximum absolute atomic E-state index is 12.4. The number of carbonyl (C=O) groups is 1. The smallest absolute Gasteiger partial charge is 0.411 e. The van der Waals surface area contributed by atoms with Crippen molar-refractivity contribution >= 4 is 11.8 Å². The summed E-state index contributed by atoms with van der Waals surface area (Å²) in [5, 5.41) is 7.21. The highest BCUT2D eigenvalue weighted by molar-refractivity contribution is 5.84. The van der Waals surface area contributed by atoms with Crippen molar-refractivity contribution in [3.8, 4) is 17.0 Å². The molecule has 1 aliphatic rings. The molecule has 1 fully saturated rings. The van der Waals surface area contributed by atoms with Gasteiger partial charge in [0.1, 0.15) is 12.4 Å². The first-order valence-electron chi connectivity index (χ1n) is 11.7. The Morgan fingerprint density at radius 1 is 1.09 bits per heavy atom. The van der Waals surface area contributed by atoms with Crippen LogP contribution in [0.5, 0.6) is 5.75 Å². The maximum Gasteiger partial charge on any atom is 0.411 e. The Labute approximate surface area is 204 Å². The Bertz CT molecular complexity index is 1170. The highest BCUT2D eigenvalue weighted by Gasteiger charge is 2.10. The number of rotatable bonds is 9. The van der Waals surface area contributed by atoms with Crippen LogP contribution in [0.3, 0.4) is 0 Å². The molecule has 184 valence electrons. The number of ether oxygens (including phenoxy) is 3. The molecule has 35 heavy (non-hydrogen) atoms. The van der Waals surface area contributed by atoms with E-state index in [2.05, 4.69) is 15.3 Å². The van der Waals surface area contributed by atoms with Gasteiger partial charge < -0.3 is 14.2 Å². The number of benzene rings is 2. The molecule has 0 radical (unpaired) electrons. The first kappa shape index (κ1) is 24.4. The summed E-state index contributed by atoms with van der Waals surface area (Å²) in [6, 6.07) is 18.2. The van der Waals surface area contributed by atoms with Gasteiger partial charge in [0.05, 0.1) is 32.1 Å². The summed E-state index contributed by atoms with van der Waals surface area (Å²) in [6.07, 6.45) is -0.518. The van der Waals surface area contributed by atoms with Crippen molar-refractivity contribution in [2.45, 2.75) is 13.5 Å². The lowest BCUT2D eigenvalue weighted by molar-refractivity contribution is 0.0322. The van der Waals surface area contributed by atoms with Gasteiger partial charge in [-0.2, -0.15) is 5.10 Å². The maximum atomic E-state index is 12.4. The first-order chi connectivity index (χ1) is 17.1. The number of aromatic nitrogens is 2. The van der Waals surface area contributed by atoms with Crippen LogP contribution in [0.15, 0.2) is 65.5 Å². The lowest BCUT2D eigenvalue weighted by Gasteiger charge is -2.26. The summed E-state index contributed by atoms with van der Waals surface area (Å²) in [5.74, 6) is 0.793. The van der Waals surface area contributed by atoms with Crippen LogP contribution in [0.1, 0.15) is 12.5 Å². The van der Waals surface area contributed by atoms with Crippen LogP contribution < -0.4 is 15.6 Å². The normalized spacial score (nSPS) is 13.9. The fourth-order valence-corrected chi connectivity index (χ4v) is 3.76. The lowest BCUT2D eigenvalue weighted by Crippen LogP contribution is -2.38. The molecule has 2 heterocycles. The predicted molar refractivity (Wildman–Crippen MR) is 133 cm³/mol. The first-order valence-corrected chi connectivity index (χ1v) is 11.7. The highest BCUT2D eigenvalue weighted by atomic mass is 16.5. The van der Waals surface area contributed by atoms with E-state index in [0.29, 0.717) is 24.6 Å². The van der Waals surface area contributed by atoms with Gasteiger partial charge in [-0.3, -0.25) is 15.0 Å². The minimum atomic E-state index is -0.518. The van der Waals surface area contributed by atoms with Crippen molar-refractivity contribution in [2.24, 2.45) is 0 Å². The monoisotopic (exact) mass is 478 g/mol. The molecular formula is C26H30N4O5. The van der Waals surface area contributed by atoms with Gasteiger partial charge in [0, 0.05) is 37.0 Å². The van der Waals surface area contributed by atoms with E-state index in [1.165, 1.54) is 10.7 Å². The number of nitrogens with one attached hydrogen (secondary N) is 1. The van der Waals surface area contributed by atoms with Crippen LogP contribution in [0, 0.1) is 0 Å². The Morgan fingerprint density at radius 2 is 1.89 bits per heavy atom. The Hall–Kier alpha value is -3.69. The summed E-state index contributed by atoms with van der Waals surface area (Å²) in [4.78, 5) is 26.4. The standard InChI is InChI=1S/C26H30N4O5/c1-2-34-26(32)27-22-5-3-4-20(18-22)19-30-25(31)11-10-24(28-30)21-6-8-23(9-7-21)35-17-14-29-12-15-33-16-13-29/h3-11,18H,2,12-17,19H2,1H3,(H,27,32). The Morgan fingerprint density at radius 3 is 2.66 bits per heavy atom. The molecule has 1 aliphatic heterocycles. The second kappa shape index (κ2) is 12.1. The molecule has 0 atom stereocenters. The topological polar surface area (TPSA) is 94.9 Å². The van der Waals surface area contributed by atoms with Gasteiger partial charge in [0.2, 0.25) is 0 Å². The van der Waals surface area contributed by atoms with E-state index in [9.17, 15) is 9.59 Å². The number of hydrogen-bond donors (Lipinski definition) is 1. The SMILES string of the molecule is CCOC(=O)Nc1cccc(Cn2nc(-c3ccc(OCCN4CCOCC4)cc3)ccc2=O)c1. The molecule has 1 N–H and O–H groups in total. The van der Waals surface area contributed by atoms with E-state index in [-0.39, 0.29) is 12.1 Å². The summed E-state index contributed by atoms with van der Waals surface area (Å²) in [5.41, 5.74) is 2.78. The zero-order valence-corrected chi connectivity index (χ0v) is 19.8. The second-order valence-electron chi connectivity index (χ2n) is 8.09. The fourth-order valence-electron chi connectivity index (χ4n) is 3.76. The molecule has 2 aromatic carbocycles. The average Bonchev–Trinajstić information content (AvgIpc) is 2.87. The van der Waals surface area contributed by atoms with E-state index in [0.717, 1.165) is 49.7 Å². The predicted octanol–water partition coefficient (Wildman–Crippen LogP) is 3.24. The van der Waals surface area contributed by atoms with Gasteiger partial charge in [-0.15, -0.1) is 0 Å². The second-order valence-corrected chi connectivity index (χ2v) is 8.09. The molecule has 1 aromatic heterocycles. The minimum absolute atomic E-state index is 0.208. The van der Waals surface area contributed by atoms with Crippen LogP contribution in [0.2, 0.25) is 0 Å². The van der Waals surface area contributed by atoms with Crippen LogP contribution in [0.4, 0.5) is 10.5 Å². The van der Waals surface area contributed by atoms with Crippen LogP contribution in [-0.4, -0.2) is 66.8 Å². The molecule has 0 saturated carbocycles. The highest BCUT2D eigenvalue weighted by Crippen LogP contribution is 2.20. The van der Waals surface area contributed by atoms with E-state index < -0.39 is 6.09 Å². The van der Waals surface area contributed by atoms with Crippen molar-refractivity contribution in [3.05, 3.63) is 76.6 Å². The largest absolute Gasteiger partial charge is 0.492 e. The van der Waals surface area contributed by atoms with Crippen molar-refractivity contribution < 1.29 is 19.0 Å². The zero-order valence-electron chi connectivity index (χ0n) is 19.8. The molecule has 0 spiro atoms. The summed E-state index contributed by atoms with van der Waals surface area (Å²) in [7, 11) is 0. The van der Waals surface area contributed by atoms with Gasteiger partial charge >= 0.3 is 6.09 Å². The Kier molecular flexibility index (Phi) is 8.48. The average molecular weight is 479 g/mol. The van der Waals surface area contributed by atoms with Gasteiger partial charge in [-0.1, -0.05) is 12.1 Å².